The fourth-order valence-electron chi connectivity index (χ4n) is 4.28. The van der Waals surface area contributed by atoms with Crippen molar-refractivity contribution in [2.45, 2.75) is 29.8 Å². The number of ether oxygens (including phenoxy) is 2. The Morgan fingerprint density at radius 1 is 1.12 bits per heavy atom. The van der Waals surface area contributed by atoms with Crippen LogP contribution in [0, 0.1) is 0 Å². The number of thioether (sulfide) groups is 1. The number of hydrogen-bond donors (Lipinski definition) is 1. The molecule has 0 aliphatic carbocycles. The first-order valence-electron chi connectivity index (χ1n) is 11.2. The molecule has 1 saturated heterocycles. The van der Waals surface area contributed by atoms with Crippen molar-refractivity contribution in [2.75, 3.05) is 31.6 Å². The van der Waals surface area contributed by atoms with Crippen molar-refractivity contribution in [3.05, 3.63) is 59.9 Å². The molecule has 2 aliphatic rings. The molecular weight excluding hydrogens is 474 g/mol. The molecule has 10 heteroatoms. The summed E-state index contributed by atoms with van der Waals surface area (Å²) in [7, 11) is 2.01. The lowest BCUT2D eigenvalue weighted by Crippen LogP contribution is -2.34. The SMILES string of the molecule is Cl.Cn1c(SCc2ccccc2)nnc1C1CCCN1CC(=O)Nc1ccc2c(c1)OCCO2. The van der Waals surface area contributed by atoms with Crippen LogP contribution in [0.25, 0.3) is 0 Å². The van der Waals surface area contributed by atoms with Gasteiger partial charge < -0.3 is 19.4 Å². The van der Waals surface area contributed by atoms with Gasteiger partial charge in [0.15, 0.2) is 22.5 Å². The fourth-order valence-corrected chi connectivity index (χ4v) is 5.15. The van der Waals surface area contributed by atoms with E-state index in [0.717, 1.165) is 36.1 Å². The topological polar surface area (TPSA) is 81.5 Å². The molecule has 1 fully saturated rings. The summed E-state index contributed by atoms with van der Waals surface area (Å²) in [5.74, 6) is 3.08. The number of amides is 1. The van der Waals surface area contributed by atoms with E-state index in [1.165, 1.54) is 5.56 Å². The summed E-state index contributed by atoms with van der Waals surface area (Å²) in [4.78, 5) is 15.0. The van der Waals surface area contributed by atoms with Crippen molar-refractivity contribution in [3.8, 4) is 11.5 Å². The molecule has 2 aliphatic heterocycles. The Bertz CT molecular complexity index is 1130. The monoisotopic (exact) mass is 501 g/mol. The Morgan fingerprint density at radius 3 is 2.74 bits per heavy atom. The number of hydrogen-bond acceptors (Lipinski definition) is 7. The normalized spacial score (nSPS) is 17.3. The minimum atomic E-state index is -0.0561. The Labute approximate surface area is 209 Å². The van der Waals surface area contributed by atoms with Crippen molar-refractivity contribution >= 4 is 35.8 Å². The molecule has 3 heterocycles. The summed E-state index contributed by atoms with van der Waals surface area (Å²) >= 11 is 1.68. The molecule has 1 amide bonds. The zero-order valence-electron chi connectivity index (χ0n) is 19.0. The number of likely N-dealkylation sites (tertiary alicyclic amines) is 1. The minimum absolute atomic E-state index is 0. The Balaban J connectivity index is 0.00000274. The van der Waals surface area contributed by atoms with E-state index in [9.17, 15) is 4.79 Å². The summed E-state index contributed by atoms with van der Waals surface area (Å²) < 4.78 is 13.2. The Kier molecular flexibility index (Phi) is 7.97. The van der Waals surface area contributed by atoms with Crippen LogP contribution < -0.4 is 14.8 Å². The molecule has 1 N–H and O–H groups in total. The highest BCUT2D eigenvalue weighted by Crippen LogP contribution is 2.34. The number of rotatable bonds is 7. The van der Waals surface area contributed by atoms with Crippen molar-refractivity contribution in [1.29, 1.82) is 0 Å². The van der Waals surface area contributed by atoms with Gasteiger partial charge in [-0.1, -0.05) is 42.1 Å². The zero-order valence-corrected chi connectivity index (χ0v) is 20.6. The van der Waals surface area contributed by atoms with Crippen LogP contribution in [0.4, 0.5) is 5.69 Å². The Morgan fingerprint density at radius 2 is 1.91 bits per heavy atom. The van der Waals surface area contributed by atoms with Crippen LogP contribution in [-0.2, 0) is 17.6 Å². The molecule has 0 saturated carbocycles. The number of anilines is 1. The second-order valence-corrected chi connectivity index (χ2v) is 9.15. The molecule has 1 atom stereocenters. The largest absolute Gasteiger partial charge is 0.486 e. The number of fused-ring (bicyclic) bond motifs is 1. The quantitative estimate of drug-likeness (QED) is 0.488. The predicted octanol–water partition coefficient (Wildman–Crippen LogP) is 4.08. The number of carbonyl (C=O) groups is 1. The second-order valence-electron chi connectivity index (χ2n) is 8.21. The van der Waals surface area contributed by atoms with Crippen LogP contribution >= 0.6 is 24.2 Å². The lowest BCUT2D eigenvalue weighted by molar-refractivity contribution is -0.117. The van der Waals surface area contributed by atoms with Gasteiger partial charge in [-0.25, -0.2) is 0 Å². The average Bonchev–Trinajstić information content (AvgIpc) is 3.44. The first kappa shape index (κ1) is 24.4. The van der Waals surface area contributed by atoms with E-state index in [-0.39, 0.29) is 24.4 Å². The van der Waals surface area contributed by atoms with Crippen LogP contribution in [0.1, 0.15) is 30.3 Å². The van der Waals surface area contributed by atoms with Gasteiger partial charge in [-0.3, -0.25) is 9.69 Å². The van der Waals surface area contributed by atoms with Gasteiger partial charge in [-0.05, 0) is 37.1 Å². The maximum absolute atomic E-state index is 12.8. The van der Waals surface area contributed by atoms with E-state index in [4.69, 9.17) is 9.47 Å². The maximum Gasteiger partial charge on any atom is 0.238 e. The maximum atomic E-state index is 12.8. The minimum Gasteiger partial charge on any atom is -0.486 e. The van der Waals surface area contributed by atoms with E-state index in [1.807, 2.05) is 43.4 Å². The summed E-state index contributed by atoms with van der Waals surface area (Å²) in [5, 5.41) is 12.8. The molecule has 8 nitrogen and oxygen atoms in total. The van der Waals surface area contributed by atoms with Crippen LogP contribution in [0.3, 0.4) is 0 Å². The predicted molar refractivity (Wildman–Crippen MR) is 134 cm³/mol. The molecule has 0 bridgehead atoms. The van der Waals surface area contributed by atoms with Crippen LogP contribution in [0.2, 0.25) is 0 Å². The van der Waals surface area contributed by atoms with Gasteiger partial charge in [0, 0.05) is 24.6 Å². The molecule has 3 aromatic rings. The summed E-state index contributed by atoms with van der Waals surface area (Å²) in [6.07, 6.45) is 1.99. The summed E-state index contributed by atoms with van der Waals surface area (Å²) in [6, 6.07) is 15.9. The average molecular weight is 502 g/mol. The number of nitrogens with one attached hydrogen (secondary N) is 1. The van der Waals surface area contributed by atoms with E-state index in [0.29, 0.717) is 36.9 Å². The van der Waals surface area contributed by atoms with Crippen LogP contribution in [-0.4, -0.2) is 51.9 Å². The number of halogens is 1. The van der Waals surface area contributed by atoms with Gasteiger partial charge in [0.2, 0.25) is 5.91 Å². The van der Waals surface area contributed by atoms with Crippen molar-refractivity contribution in [1.82, 2.24) is 19.7 Å². The highest BCUT2D eigenvalue weighted by atomic mass is 35.5. The zero-order chi connectivity index (χ0) is 22.6. The molecule has 1 unspecified atom stereocenters. The van der Waals surface area contributed by atoms with Gasteiger partial charge in [0.05, 0.1) is 12.6 Å². The van der Waals surface area contributed by atoms with E-state index in [2.05, 4.69) is 37.1 Å². The third-order valence-corrected chi connectivity index (χ3v) is 7.01. The Hall–Kier alpha value is -2.75. The molecule has 34 heavy (non-hydrogen) atoms. The van der Waals surface area contributed by atoms with Crippen molar-refractivity contribution < 1.29 is 14.3 Å². The molecule has 180 valence electrons. The molecule has 1 aromatic heterocycles. The fraction of sp³-hybridized carbons (Fsp3) is 0.375. The standard InChI is InChI=1S/C24H27N5O3S.ClH/c1-28-23(26-27-24(28)33-16-17-6-3-2-4-7-17)19-8-5-11-29(19)15-22(30)25-18-9-10-20-21(14-18)32-13-12-31-20;/h2-4,6-7,9-10,14,19H,5,8,11-13,15-16H2,1H3,(H,25,30);1H. The van der Waals surface area contributed by atoms with Crippen molar-refractivity contribution in [3.63, 3.8) is 0 Å². The number of benzene rings is 2. The highest BCUT2D eigenvalue weighted by molar-refractivity contribution is 7.98. The second kappa shape index (κ2) is 11.1. The van der Waals surface area contributed by atoms with Gasteiger partial charge in [-0.15, -0.1) is 22.6 Å². The first-order chi connectivity index (χ1) is 16.2. The van der Waals surface area contributed by atoms with Gasteiger partial charge >= 0.3 is 0 Å². The summed E-state index contributed by atoms with van der Waals surface area (Å²) in [6.45, 7) is 2.23. The van der Waals surface area contributed by atoms with E-state index < -0.39 is 0 Å². The molecule has 2 aromatic carbocycles. The number of carbonyl (C=O) groups excluding carboxylic acids is 1. The van der Waals surface area contributed by atoms with Crippen molar-refractivity contribution in [2.24, 2.45) is 7.05 Å². The van der Waals surface area contributed by atoms with Gasteiger partial charge in [0.25, 0.3) is 0 Å². The number of nitrogens with zero attached hydrogens (tertiary/aromatic N) is 4. The van der Waals surface area contributed by atoms with E-state index >= 15 is 0 Å². The molecule has 0 radical (unpaired) electrons. The number of aromatic nitrogens is 3. The lowest BCUT2D eigenvalue weighted by atomic mass is 10.2. The third-order valence-electron chi connectivity index (χ3n) is 5.91. The smallest absolute Gasteiger partial charge is 0.238 e. The van der Waals surface area contributed by atoms with Gasteiger partial charge in [0.1, 0.15) is 13.2 Å². The lowest BCUT2D eigenvalue weighted by Gasteiger charge is -2.23. The summed E-state index contributed by atoms with van der Waals surface area (Å²) in [5.41, 5.74) is 1.96. The highest BCUT2D eigenvalue weighted by Gasteiger charge is 2.31. The first-order valence-corrected chi connectivity index (χ1v) is 12.2. The van der Waals surface area contributed by atoms with Crippen LogP contribution in [0.5, 0.6) is 11.5 Å². The molecule has 0 spiro atoms. The molecule has 5 rings (SSSR count). The van der Waals surface area contributed by atoms with Crippen LogP contribution in [0.15, 0.2) is 53.7 Å². The third kappa shape index (κ3) is 5.48. The van der Waals surface area contributed by atoms with E-state index in [1.54, 1.807) is 11.8 Å². The molecular formula is C24H28ClN5O3S. The van der Waals surface area contributed by atoms with Gasteiger partial charge in [-0.2, -0.15) is 0 Å².